The highest BCUT2D eigenvalue weighted by Gasteiger charge is 2.18. The van der Waals surface area contributed by atoms with Gasteiger partial charge in [0.2, 0.25) is 0 Å². The van der Waals surface area contributed by atoms with E-state index in [2.05, 4.69) is 14.9 Å². The maximum Gasteiger partial charge on any atom is 0.165 e. The third-order valence-corrected chi connectivity index (χ3v) is 4.98. The molecular weight excluding hydrogens is 353 g/mol. The summed E-state index contributed by atoms with van der Waals surface area (Å²) in [5, 5.41) is 1.18. The molecule has 1 fully saturated rings. The fraction of sp³-hybridized carbons (Fsp3) is 0.300. The number of anilines is 1. The Kier molecular flexibility index (Phi) is 4.64. The standard InChI is InChI=1S/C20H19ClFN3O/c1-13-9-18(25-7-2-3-8-25)15-10-16(22)19(11-17(15)24-13)26-12-14-5-4-6-23-20(14)21/h4-6,9-11H,2-3,7-8,12H2,1H3. The lowest BCUT2D eigenvalue weighted by molar-refractivity contribution is 0.290. The molecule has 0 radical (unpaired) electrons. The molecule has 0 N–H and O–H groups in total. The molecule has 1 aliphatic heterocycles. The second-order valence-electron chi connectivity index (χ2n) is 6.52. The van der Waals surface area contributed by atoms with Crippen molar-refractivity contribution >= 4 is 28.2 Å². The van der Waals surface area contributed by atoms with Crippen LogP contribution < -0.4 is 9.64 Å². The van der Waals surface area contributed by atoms with Crippen LogP contribution in [0.15, 0.2) is 36.5 Å². The summed E-state index contributed by atoms with van der Waals surface area (Å²) in [6, 6.07) is 8.80. The average Bonchev–Trinajstić information content (AvgIpc) is 3.15. The van der Waals surface area contributed by atoms with E-state index in [0.717, 1.165) is 35.4 Å². The maximum absolute atomic E-state index is 14.7. The molecule has 1 saturated heterocycles. The van der Waals surface area contributed by atoms with Crippen LogP contribution in [0.1, 0.15) is 24.1 Å². The van der Waals surface area contributed by atoms with Crippen LogP contribution in [0.3, 0.4) is 0 Å². The fourth-order valence-corrected chi connectivity index (χ4v) is 3.52. The summed E-state index contributed by atoms with van der Waals surface area (Å²) in [5.41, 5.74) is 3.40. The second kappa shape index (κ2) is 7.08. The Morgan fingerprint density at radius 3 is 2.81 bits per heavy atom. The van der Waals surface area contributed by atoms with Gasteiger partial charge in [-0.15, -0.1) is 0 Å². The number of benzene rings is 1. The molecule has 6 heteroatoms. The Hall–Kier alpha value is -2.40. The Labute approximate surface area is 156 Å². The number of fused-ring (bicyclic) bond motifs is 1. The number of rotatable bonds is 4. The van der Waals surface area contributed by atoms with Crippen molar-refractivity contribution in [2.45, 2.75) is 26.4 Å². The molecule has 134 valence electrons. The van der Waals surface area contributed by atoms with E-state index < -0.39 is 5.82 Å². The Balaban J connectivity index is 1.69. The smallest absolute Gasteiger partial charge is 0.165 e. The van der Waals surface area contributed by atoms with Crippen LogP contribution in [-0.4, -0.2) is 23.1 Å². The van der Waals surface area contributed by atoms with Crippen LogP contribution in [0.25, 0.3) is 10.9 Å². The molecule has 4 nitrogen and oxygen atoms in total. The van der Waals surface area contributed by atoms with Crippen molar-refractivity contribution in [2.24, 2.45) is 0 Å². The van der Waals surface area contributed by atoms with Gasteiger partial charge in [0, 0.05) is 47.7 Å². The summed E-state index contributed by atoms with van der Waals surface area (Å²) in [6.07, 6.45) is 3.94. The number of nitrogens with zero attached hydrogens (tertiary/aromatic N) is 3. The van der Waals surface area contributed by atoms with E-state index in [0.29, 0.717) is 10.7 Å². The minimum atomic E-state index is -0.399. The van der Waals surface area contributed by atoms with Crippen molar-refractivity contribution in [1.82, 2.24) is 9.97 Å². The van der Waals surface area contributed by atoms with E-state index in [1.54, 1.807) is 18.3 Å². The van der Waals surface area contributed by atoms with Crippen LogP contribution in [0.4, 0.5) is 10.1 Å². The predicted octanol–water partition coefficient (Wildman–Crippen LogP) is 4.91. The zero-order valence-electron chi connectivity index (χ0n) is 14.5. The molecule has 0 aliphatic carbocycles. The number of hydrogen-bond acceptors (Lipinski definition) is 4. The number of halogens is 2. The largest absolute Gasteiger partial charge is 0.486 e. The Bertz CT molecular complexity index is 957. The van der Waals surface area contributed by atoms with Crippen LogP contribution >= 0.6 is 11.6 Å². The number of ether oxygens (including phenoxy) is 1. The van der Waals surface area contributed by atoms with Gasteiger partial charge in [0.1, 0.15) is 11.8 Å². The quantitative estimate of drug-likeness (QED) is 0.611. The summed E-state index contributed by atoms with van der Waals surface area (Å²) in [5.74, 6) is -0.230. The SMILES string of the molecule is Cc1cc(N2CCCC2)c2cc(F)c(OCc3cccnc3Cl)cc2n1. The molecular formula is C20H19ClFN3O. The third kappa shape index (κ3) is 3.31. The first kappa shape index (κ1) is 17.0. The number of aryl methyl sites for hydroxylation is 1. The van der Waals surface area contributed by atoms with E-state index in [4.69, 9.17) is 16.3 Å². The molecule has 0 saturated carbocycles. The van der Waals surface area contributed by atoms with Crippen LogP contribution in [-0.2, 0) is 6.61 Å². The summed E-state index contributed by atoms with van der Waals surface area (Å²) in [6.45, 7) is 4.11. The summed E-state index contributed by atoms with van der Waals surface area (Å²) >= 11 is 6.04. The topological polar surface area (TPSA) is 38.2 Å². The Morgan fingerprint density at radius 1 is 1.23 bits per heavy atom. The lowest BCUT2D eigenvalue weighted by atomic mass is 10.1. The van der Waals surface area contributed by atoms with E-state index in [1.807, 2.05) is 19.1 Å². The monoisotopic (exact) mass is 371 g/mol. The van der Waals surface area contributed by atoms with E-state index >= 15 is 0 Å². The first-order chi connectivity index (χ1) is 12.6. The van der Waals surface area contributed by atoms with Crippen molar-refractivity contribution < 1.29 is 9.13 Å². The molecule has 0 bridgehead atoms. The summed E-state index contributed by atoms with van der Waals surface area (Å²) in [7, 11) is 0. The van der Waals surface area contributed by atoms with Gasteiger partial charge in [-0.1, -0.05) is 17.7 Å². The van der Waals surface area contributed by atoms with E-state index in [9.17, 15) is 4.39 Å². The van der Waals surface area contributed by atoms with Gasteiger partial charge in [-0.25, -0.2) is 9.37 Å². The Morgan fingerprint density at radius 2 is 2.04 bits per heavy atom. The van der Waals surface area contributed by atoms with Gasteiger partial charge in [-0.3, -0.25) is 4.98 Å². The zero-order valence-corrected chi connectivity index (χ0v) is 15.3. The van der Waals surface area contributed by atoms with Gasteiger partial charge in [0.05, 0.1) is 5.52 Å². The first-order valence-electron chi connectivity index (χ1n) is 8.70. The number of hydrogen-bond donors (Lipinski definition) is 0. The van der Waals surface area contributed by atoms with Gasteiger partial charge >= 0.3 is 0 Å². The van der Waals surface area contributed by atoms with Gasteiger partial charge in [0.25, 0.3) is 0 Å². The van der Waals surface area contributed by atoms with E-state index in [1.165, 1.54) is 18.9 Å². The summed E-state index contributed by atoms with van der Waals surface area (Å²) in [4.78, 5) is 10.9. The molecule has 0 atom stereocenters. The van der Waals surface area contributed by atoms with Crippen molar-refractivity contribution in [3.05, 3.63) is 58.8 Å². The second-order valence-corrected chi connectivity index (χ2v) is 6.88. The summed E-state index contributed by atoms with van der Waals surface area (Å²) < 4.78 is 20.3. The van der Waals surface area contributed by atoms with Gasteiger partial charge in [-0.2, -0.15) is 0 Å². The van der Waals surface area contributed by atoms with Crippen molar-refractivity contribution in [2.75, 3.05) is 18.0 Å². The van der Waals surface area contributed by atoms with Crippen LogP contribution in [0.2, 0.25) is 5.15 Å². The van der Waals surface area contributed by atoms with Crippen molar-refractivity contribution in [1.29, 1.82) is 0 Å². The molecule has 3 heterocycles. The molecule has 4 rings (SSSR count). The molecule has 0 unspecified atom stereocenters. The highest BCUT2D eigenvalue weighted by atomic mass is 35.5. The third-order valence-electron chi connectivity index (χ3n) is 4.63. The van der Waals surface area contributed by atoms with Crippen LogP contribution in [0.5, 0.6) is 5.75 Å². The molecule has 3 aromatic rings. The highest BCUT2D eigenvalue weighted by molar-refractivity contribution is 6.30. The molecule has 26 heavy (non-hydrogen) atoms. The predicted molar refractivity (Wildman–Crippen MR) is 101 cm³/mol. The minimum absolute atomic E-state index is 0.153. The van der Waals surface area contributed by atoms with Crippen molar-refractivity contribution in [3.8, 4) is 5.75 Å². The molecule has 1 aliphatic rings. The van der Waals surface area contributed by atoms with Crippen molar-refractivity contribution in [3.63, 3.8) is 0 Å². The minimum Gasteiger partial charge on any atom is -0.486 e. The van der Waals surface area contributed by atoms with Gasteiger partial charge in [-0.05, 0) is 38.0 Å². The zero-order chi connectivity index (χ0) is 18.1. The molecule has 1 aromatic carbocycles. The normalized spacial score (nSPS) is 14.2. The van der Waals surface area contributed by atoms with Gasteiger partial charge < -0.3 is 9.64 Å². The highest BCUT2D eigenvalue weighted by Crippen LogP contribution is 2.33. The van der Waals surface area contributed by atoms with E-state index in [-0.39, 0.29) is 12.4 Å². The lowest BCUT2D eigenvalue weighted by Crippen LogP contribution is -2.18. The fourth-order valence-electron chi connectivity index (χ4n) is 3.35. The van der Waals surface area contributed by atoms with Crippen LogP contribution in [0, 0.1) is 12.7 Å². The molecule has 0 spiro atoms. The van der Waals surface area contributed by atoms with Gasteiger partial charge in [0.15, 0.2) is 11.6 Å². The lowest BCUT2D eigenvalue weighted by Gasteiger charge is -2.20. The average molecular weight is 372 g/mol. The number of aromatic nitrogens is 2. The number of pyridine rings is 2. The first-order valence-corrected chi connectivity index (χ1v) is 9.07. The maximum atomic E-state index is 14.7. The molecule has 2 aromatic heterocycles. The molecule has 0 amide bonds.